The number of ketones is 1. The van der Waals surface area contributed by atoms with Crippen molar-refractivity contribution in [3.8, 4) is 0 Å². The van der Waals surface area contributed by atoms with Crippen molar-refractivity contribution in [1.29, 1.82) is 0 Å². The number of aryl methyl sites for hydroxylation is 1. The lowest BCUT2D eigenvalue weighted by atomic mass is 10.1. The summed E-state index contributed by atoms with van der Waals surface area (Å²) < 4.78 is 27.0. The third kappa shape index (κ3) is 3.51. The Kier molecular flexibility index (Phi) is 5.40. The lowest BCUT2D eigenvalue weighted by Gasteiger charge is -2.33. The maximum Gasteiger partial charge on any atom is 0.295 e. The molecule has 7 nitrogen and oxygen atoms in total. The zero-order valence-corrected chi connectivity index (χ0v) is 17.8. The Labute approximate surface area is 179 Å². The number of aromatic amines is 1. The van der Waals surface area contributed by atoms with Gasteiger partial charge >= 0.3 is 0 Å². The zero-order chi connectivity index (χ0) is 21.5. The van der Waals surface area contributed by atoms with Gasteiger partial charge in [0.1, 0.15) is 4.90 Å². The maximum absolute atomic E-state index is 12.9. The quantitative estimate of drug-likeness (QED) is 0.494. The van der Waals surface area contributed by atoms with Crippen LogP contribution in [0.25, 0.3) is 10.9 Å². The summed E-state index contributed by atoms with van der Waals surface area (Å²) in [5, 5.41) is 0.856. The molecule has 0 radical (unpaired) electrons. The normalized spacial score (nSPS) is 15.5. The Bertz CT molecular complexity index is 1240. The molecule has 1 aliphatic rings. The van der Waals surface area contributed by atoms with Crippen LogP contribution in [0.1, 0.15) is 16.1 Å². The number of sulfonamides is 1. The first-order valence-corrected chi connectivity index (χ1v) is 11.3. The van der Waals surface area contributed by atoms with Crippen LogP contribution in [-0.2, 0) is 14.8 Å². The first kappa shape index (κ1) is 20.6. The number of carbonyl (C=O) groups is 2. The fraction of sp³-hybridized carbons (Fsp3) is 0.238. The number of nitrogens with zero attached hydrogens (tertiary/aromatic N) is 2. The van der Waals surface area contributed by atoms with Crippen molar-refractivity contribution in [3.63, 3.8) is 0 Å². The van der Waals surface area contributed by atoms with Crippen LogP contribution in [0.4, 0.5) is 0 Å². The van der Waals surface area contributed by atoms with Gasteiger partial charge in [-0.3, -0.25) is 9.59 Å². The average molecular weight is 446 g/mol. The van der Waals surface area contributed by atoms with E-state index in [1.807, 2.05) is 18.2 Å². The smallest absolute Gasteiger partial charge is 0.295 e. The van der Waals surface area contributed by atoms with Gasteiger partial charge in [-0.05, 0) is 25.1 Å². The van der Waals surface area contributed by atoms with E-state index in [-0.39, 0.29) is 36.1 Å². The SMILES string of the molecule is Cc1[nH]c2ccccc2c1C(=O)C(=O)N1CCN(S(=O)(=O)c2ccccc2Cl)CC1. The van der Waals surface area contributed by atoms with Crippen molar-refractivity contribution in [3.05, 3.63) is 64.8 Å². The monoisotopic (exact) mass is 445 g/mol. The first-order valence-electron chi connectivity index (χ1n) is 9.46. The minimum atomic E-state index is -3.77. The maximum atomic E-state index is 12.9. The molecule has 0 spiro atoms. The molecule has 0 bridgehead atoms. The number of piperazine rings is 1. The summed E-state index contributed by atoms with van der Waals surface area (Å²) in [7, 11) is -3.77. The summed E-state index contributed by atoms with van der Waals surface area (Å²) in [6.45, 7) is 2.22. The van der Waals surface area contributed by atoms with E-state index in [0.29, 0.717) is 16.6 Å². The number of rotatable bonds is 4. The third-order valence-electron chi connectivity index (χ3n) is 5.30. The lowest BCUT2D eigenvalue weighted by Crippen LogP contribution is -2.52. The molecule has 30 heavy (non-hydrogen) atoms. The molecule has 1 saturated heterocycles. The van der Waals surface area contributed by atoms with Crippen molar-refractivity contribution < 1.29 is 18.0 Å². The number of aromatic nitrogens is 1. The summed E-state index contributed by atoms with van der Waals surface area (Å²) in [6.07, 6.45) is 0. The second-order valence-electron chi connectivity index (χ2n) is 7.13. The van der Waals surface area contributed by atoms with Gasteiger partial charge in [0.2, 0.25) is 10.0 Å². The molecule has 9 heteroatoms. The predicted octanol–water partition coefficient (Wildman–Crippen LogP) is 2.85. The number of fused-ring (bicyclic) bond motifs is 1. The van der Waals surface area contributed by atoms with Crippen LogP contribution >= 0.6 is 11.6 Å². The number of halogens is 1. The number of hydrogen-bond donors (Lipinski definition) is 1. The molecule has 156 valence electrons. The first-order chi connectivity index (χ1) is 14.3. The van der Waals surface area contributed by atoms with E-state index in [4.69, 9.17) is 11.6 Å². The van der Waals surface area contributed by atoms with Gasteiger partial charge in [-0.15, -0.1) is 0 Å². The van der Waals surface area contributed by atoms with Gasteiger partial charge in [0.25, 0.3) is 11.7 Å². The van der Waals surface area contributed by atoms with Gasteiger partial charge in [-0.1, -0.05) is 41.9 Å². The fourth-order valence-electron chi connectivity index (χ4n) is 3.74. The van der Waals surface area contributed by atoms with Crippen molar-refractivity contribution in [1.82, 2.24) is 14.2 Å². The Hall–Kier alpha value is -2.68. The predicted molar refractivity (Wildman–Crippen MR) is 114 cm³/mol. The van der Waals surface area contributed by atoms with Crippen molar-refractivity contribution in [2.75, 3.05) is 26.2 Å². The zero-order valence-electron chi connectivity index (χ0n) is 16.3. The molecule has 2 heterocycles. The molecule has 1 aromatic heterocycles. The standard InChI is InChI=1S/C21H20ClN3O4S/c1-14-19(15-6-2-4-8-17(15)23-14)20(26)21(27)24-10-12-25(13-11-24)30(28,29)18-9-5-3-7-16(18)22/h2-9,23H,10-13H2,1H3. The molecule has 4 rings (SSSR count). The number of nitrogens with one attached hydrogen (secondary N) is 1. The van der Waals surface area contributed by atoms with E-state index in [0.717, 1.165) is 5.52 Å². The summed E-state index contributed by atoms with van der Waals surface area (Å²) in [5.74, 6) is -1.22. The van der Waals surface area contributed by atoms with Gasteiger partial charge in [0.15, 0.2) is 0 Å². The van der Waals surface area contributed by atoms with Gasteiger partial charge in [0.05, 0.1) is 10.6 Å². The highest BCUT2D eigenvalue weighted by molar-refractivity contribution is 7.89. The molecule has 3 aromatic rings. The molecule has 0 atom stereocenters. The van der Waals surface area contributed by atoms with Crippen LogP contribution < -0.4 is 0 Å². The summed E-state index contributed by atoms with van der Waals surface area (Å²) >= 11 is 6.05. The van der Waals surface area contributed by atoms with E-state index in [9.17, 15) is 18.0 Å². The molecular formula is C21H20ClN3O4S. The molecule has 1 amide bonds. The van der Waals surface area contributed by atoms with E-state index in [1.54, 1.807) is 25.1 Å². The van der Waals surface area contributed by atoms with Gasteiger partial charge in [-0.25, -0.2) is 8.42 Å². The number of H-pyrrole nitrogens is 1. The molecule has 1 fully saturated rings. The van der Waals surface area contributed by atoms with E-state index in [1.165, 1.54) is 21.3 Å². The molecule has 0 saturated carbocycles. The highest BCUT2D eigenvalue weighted by atomic mass is 35.5. The summed E-state index contributed by atoms with van der Waals surface area (Å²) in [6, 6.07) is 13.6. The van der Waals surface area contributed by atoms with Crippen LogP contribution in [0.3, 0.4) is 0 Å². The van der Waals surface area contributed by atoms with Crippen LogP contribution in [0.15, 0.2) is 53.4 Å². The molecular weight excluding hydrogens is 426 g/mol. The Morgan fingerprint density at radius 2 is 1.60 bits per heavy atom. The van der Waals surface area contributed by atoms with Crippen LogP contribution in [-0.4, -0.2) is 60.5 Å². The number of hydrogen-bond acceptors (Lipinski definition) is 4. The fourth-order valence-corrected chi connectivity index (χ4v) is 5.66. The number of benzene rings is 2. The van der Waals surface area contributed by atoms with Gasteiger partial charge in [0, 0.05) is 42.8 Å². The van der Waals surface area contributed by atoms with E-state index in [2.05, 4.69) is 4.98 Å². The number of amides is 1. The highest BCUT2D eigenvalue weighted by Gasteiger charge is 2.34. The van der Waals surface area contributed by atoms with E-state index >= 15 is 0 Å². The lowest BCUT2D eigenvalue weighted by molar-refractivity contribution is -0.127. The van der Waals surface area contributed by atoms with E-state index < -0.39 is 21.7 Å². The largest absolute Gasteiger partial charge is 0.358 e. The second-order valence-corrected chi connectivity index (χ2v) is 9.44. The van der Waals surface area contributed by atoms with Gasteiger partial charge in [-0.2, -0.15) is 4.31 Å². The summed E-state index contributed by atoms with van der Waals surface area (Å²) in [4.78, 5) is 30.3. The third-order valence-corrected chi connectivity index (χ3v) is 7.69. The van der Waals surface area contributed by atoms with Crippen molar-refractivity contribution >= 4 is 44.2 Å². The molecule has 0 unspecified atom stereocenters. The molecule has 0 aliphatic carbocycles. The number of carbonyl (C=O) groups excluding carboxylic acids is 2. The second kappa shape index (κ2) is 7.86. The van der Waals surface area contributed by atoms with Crippen molar-refractivity contribution in [2.45, 2.75) is 11.8 Å². The molecule has 1 aliphatic heterocycles. The summed E-state index contributed by atoms with van der Waals surface area (Å²) in [5.41, 5.74) is 1.79. The minimum absolute atomic E-state index is 0.0388. The Balaban J connectivity index is 1.50. The number of Topliss-reactive ketones (excluding diaryl/α,β-unsaturated/α-hetero) is 1. The molecule has 2 aromatic carbocycles. The molecule has 1 N–H and O–H groups in total. The van der Waals surface area contributed by atoms with Crippen molar-refractivity contribution in [2.24, 2.45) is 0 Å². The number of para-hydroxylation sites is 1. The minimum Gasteiger partial charge on any atom is -0.358 e. The van der Waals surface area contributed by atoms with Crippen LogP contribution in [0.2, 0.25) is 5.02 Å². The highest BCUT2D eigenvalue weighted by Crippen LogP contribution is 2.26. The Morgan fingerprint density at radius 1 is 0.967 bits per heavy atom. The van der Waals surface area contributed by atoms with Crippen LogP contribution in [0.5, 0.6) is 0 Å². The topological polar surface area (TPSA) is 90.6 Å². The van der Waals surface area contributed by atoms with Crippen LogP contribution in [0, 0.1) is 6.92 Å². The Morgan fingerprint density at radius 3 is 2.30 bits per heavy atom. The van der Waals surface area contributed by atoms with Gasteiger partial charge < -0.3 is 9.88 Å². The average Bonchev–Trinajstić information content (AvgIpc) is 3.08.